The molecule has 1 N–H and O–H groups in total. The van der Waals surface area contributed by atoms with Crippen LogP contribution in [0.25, 0.3) is 0 Å². The van der Waals surface area contributed by atoms with E-state index in [1.165, 1.54) is 18.4 Å². The molecule has 2 saturated carbocycles. The lowest BCUT2D eigenvalue weighted by Gasteiger charge is -2.50. The van der Waals surface area contributed by atoms with E-state index in [1.807, 2.05) is 37.3 Å². The number of ether oxygens (including phenoxy) is 1. The summed E-state index contributed by atoms with van der Waals surface area (Å²) < 4.78 is 5.93. The van der Waals surface area contributed by atoms with Gasteiger partial charge < -0.3 is 9.84 Å². The Morgan fingerprint density at radius 3 is 2.77 bits per heavy atom. The molecule has 1 aromatic rings. The van der Waals surface area contributed by atoms with Gasteiger partial charge in [-0.15, -0.1) is 0 Å². The van der Waals surface area contributed by atoms with Crippen LogP contribution in [0.3, 0.4) is 0 Å². The maximum Gasteiger partial charge on any atom is 0.310 e. The Morgan fingerprint density at radius 2 is 2.07 bits per heavy atom. The molecule has 0 unspecified atom stereocenters. The van der Waals surface area contributed by atoms with Crippen LogP contribution in [-0.4, -0.2) is 41.7 Å². The predicted octanol–water partition coefficient (Wildman–Crippen LogP) is 4.53. The van der Waals surface area contributed by atoms with Gasteiger partial charge in [0.1, 0.15) is 6.10 Å². The highest BCUT2D eigenvalue weighted by molar-refractivity contribution is 5.75. The number of rotatable bonds is 6. The molecule has 3 fully saturated rings. The van der Waals surface area contributed by atoms with Crippen LogP contribution in [0.2, 0.25) is 0 Å². The Bertz CT molecular complexity index is 789. The average molecular weight is 412 g/mol. The Kier molecular flexibility index (Phi) is 5.84. The van der Waals surface area contributed by atoms with Crippen molar-refractivity contribution in [3.05, 3.63) is 48.0 Å². The number of likely N-dealkylation sites (N-methyl/N-ethyl adjacent to an activating group) is 1. The highest BCUT2D eigenvalue weighted by atomic mass is 16.6. The van der Waals surface area contributed by atoms with E-state index in [1.54, 1.807) is 0 Å². The number of carbonyl (C=O) groups is 1. The third kappa shape index (κ3) is 3.97. The molecule has 0 radical (unpaired) electrons. The third-order valence-corrected chi connectivity index (χ3v) is 8.15. The lowest BCUT2D eigenvalue weighted by Crippen LogP contribution is -2.47. The summed E-state index contributed by atoms with van der Waals surface area (Å²) in [5.74, 6) is 0.615. The van der Waals surface area contributed by atoms with Crippen molar-refractivity contribution in [2.75, 3.05) is 19.6 Å². The highest BCUT2D eigenvalue weighted by Gasteiger charge is 2.55. The summed E-state index contributed by atoms with van der Waals surface area (Å²) in [6, 6.07) is 9.79. The fourth-order valence-corrected chi connectivity index (χ4v) is 6.37. The molecule has 4 rings (SSSR count). The van der Waals surface area contributed by atoms with Crippen molar-refractivity contribution >= 4 is 5.97 Å². The molecule has 0 amide bonds. The zero-order valence-corrected chi connectivity index (χ0v) is 18.8. The molecule has 0 spiro atoms. The first kappa shape index (κ1) is 21.6. The molecule has 4 nitrogen and oxygen atoms in total. The number of carbonyl (C=O) groups excluding carboxylic acids is 1. The Balaban J connectivity index is 1.48. The average Bonchev–Trinajstić information content (AvgIpc) is 3.00. The van der Waals surface area contributed by atoms with E-state index in [9.17, 15) is 9.90 Å². The van der Waals surface area contributed by atoms with Crippen LogP contribution < -0.4 is 0 Å². The molecule has 30 heavy (non-hydrogen) atoms. The maximum atomic E-state index is 12.9. The first-order valence-corrected chi connectivity index (χ1v) is 11.6. The summed E-state index contributed by atoms with van der Waals surface area (Å²) in [6.45, 7) is 12.7. The van der Waals surface area contributed by atoms with Crippen molar-refractivity contribution in [3.8, 4) is 0 Å². The lowest BCUT2D eigenvalue weighted by molar-refractivity contribution is -0.146. The van der Waals surface area contributed by atoms with E-state index < -0.39 is 5.60 Å². The van der Waals surface area contributed by atoms with Crippen molar-refractivity contribution < 1.29 is 14.6 Å². The standard InChI is InChI=1S/C26H37NO3/c1-5-27(17-26(4,29)19-11-7-6-8-12-19)16-21-20-14-22-18(2)10-9-13-25(22,3)15-23(20)30-24(21)28/h6-8,11-12,20-23,29H,2,5,9-10,13-17H2,1,3-4H3/t20-,21-,22-,23-,25-,26-/m1/s1. The Labute approximate surface area is 181 Å². The molecule has 2 aliphatic carbocycles. The largest absolute Gasteiger partial charge is 0.462 e. The van der Waals surface area contributed by atoms with Gasteiger partial charge in [0.2, 0.25) is 0 Å². The second-order valence-electron chi connectivity index (χ2n) is 10.4. The molecule has 4 heteroatoms. The van der Waals surface area contributed by atoms with Gasteiger partial charge in [-0.3, -0.25) is 9.69 Å². The van der Waals surface area contributed by atoms with Crippen LogP contribution in [-0.2, 0) is 15.1 Å². The molecular weight excluding hydrogens is 374 g/mol. The van der Waals surface area contributed by atoms with Gasteiger partial charge in [-0.25, -0.2) is 0 Å². The smallest absolute Gasteiger partial charge is 0.310 e. The van der Waals surface area contributed by atoms with E-state index in [4.69, 9.17) is 4.74 Å². The van der Waals surface area contributed by atoms with Gasteiger partial charge in [-0.1, -0.05) is 56.3 Å². The van der Waals surface area contributed by atoms with Crippen LogP contribution in [0, 0.1) is 23.2 Å². The number of hydrogen-bond donors (Lipinski definition) is 1. The minimum Gasteiger partial charge on any atom is -0.462 e. The molecular formula is C26H37NO3. The monoisotopic (exact) mass is 411 g/mol. The van der Waals surface area contributed by atoms with Crippen LogP contribution in [0.5, 0.6) is 0 Å². The van der Waals surface area contributed by atoms with Gasteiger partial charge in [-0.05, 0) is 62.5 Å². The normalized spacial score (nSPS) is 35.5. The number of allylic oxidation sites excluding steroid dienone is 1. The number of esters is 1. The van der Waals surface area contributed by atoms with Gasteiger partial charge in [0, 0.05) is 19.0 Å². The second kappa shape index (κ2) is 8.12. The first-order valence-electron chi connectivity index (χ1n) is 11.6. The number of aliphatic hydroxyl groups is 1. The molecule has 0 bridgehead atoms. The van der Waals surface area contributed by atoms with Gasteiger partial charge in [0.25, 0.3) is 0 Å². The summed E-state index contributed by atoms with van der Waals surface area (Å²) >= 11 is 0. The highest BCUT2D eigenvalue weighted by Crippen LogP contribution is 2.56. The molecule has 6 atom stereocenters. The van der Waals surface area contributed by atoms with Crippen molar-refractivity contribution in [3.63, 3.8) is 0 Å². The zero-order chi connectivity index (χ0) is 21.5. The summed E-state index contributed by atoms with van der Waals surface area (Å²) in [6.07, 6.45) is 5.57. The van der Waals surface area contributed by atoms with Crippen LogP contribution in [0.15, 0.2) is 42.5 Å². The van der Waals surface area contributed by atoms with E-state index in [2.05, 4.69) is 25.3 Å². The summed E-state index contributed by atoms with van der Waals surface area (Å²) in [5.41, 5.74) is 1.55. The van der Waals surface area contributed by atoms with Crippen LogP contribution in [0.1, 0.15) is 58.4 Å². The maximum absolute atomic E-state index is 12.9. The fraction of sp³-hybridized carbons (Fsp3) is 0.654. The number of nitrogens with zero attached hydrogens (tertiary/aromatic N) is 1. The summed E-state index contributed by atoms with van der Waals surface area (Å²) in [4.78, 5) is 15.1. The molecule has 0 aromatic heterocycles. The molecule has 1 saturated heterocycles. The first-order chi connectivity index (χ1) is 14.2. The van der Waals surface area contributed by atoms with E-state index in [0.29, 0.717) is 19.0 Å². The van der Waals surface area contributed by atoms with Crippen molar-refractivity contribution in [2.45, 2.75) is 64.6 Å². The van der Waals surface area contributed by atoms with E-state index in [0.717, 1.165) is 31.4 Å². The molecule has 1 aliphatic heterocycles. The van der Waals surface area contributed by atoms with E-state index >= 15 is 0 Å². The van der Waals surface area contributed by atoms with Gasteiger partial charge in [0.05, 0.1) is 11.5 Å². The Hall–Kier alpha value is -1.65. The zero-order valence-electron chi connectivity index (χ0n) is 18.8. The quantitative estimate of drug-likeness (QED) is 0.552. The lowest BCUT2D eigenvalue weighted by atomic mass is 9.55. The molecule has 1 aromatic carbocycles. The number of benzene rings is 1. The van der Waals surface area contributed by atoms with Gasteiger partial charge >= 0.3 is 5.97 Å². The van der Waals surface area contributed by atoms with E-state index in [-0.39, 0.29) is 29.3 Å². The minimum atomic E-state index is -0.956. The molecule has 3 aliphatic rings. The number of hydrogen-bond acceptors (Lipinski definition) is 4. The topological polar surface area (TPSA) is 49.8 Å². The van der Waals surface area contributed by atoms with Crippen LogP contribution in [0.4, 0.5) is 0 Å². The Morgan fingerprint density at radius 1 is 1.33 bits per heavy atom. The van der Waals surface area contributed by atoms with Crippen LogP contribution >= 0.6 is 0 Å². The third-order valence-electron chi connectivity index (χ3n) is 8.15. The summed E-state index contributed by atoms with van der Waals surface area (Å²) in [5, 5.41) is 11.1. The second-order valence-corrected chi connectivity index (χ2v) is 10.4. The van der Waals surface area contributed by atoms with Gasteiger partial charge in [-0.2, -0.15) is 0 Å². The minimum absolute atomic E-state index is 0.0444. The predicted molar refractivity (Wildman–Crippen MR) is 119 cm³/mol. The fourth-order valence-electron chi connectivity index (χ4n) is 6.37. The van der Waals surface area contributed by atoms with Crippen molar-refractivity contribution in [1.29, 1.82) is 0 Å². The van der Waals surface area contributed by atoms with Gasteiger partial charge in [0.15, 0.2) is 0 Å². The molecule has 1 heterocycles. The summed E-state index contributed by atoms with van der Waals surface area (Å²) in [7, 11) is 0. The van der Waals surface area contributed by atoms with Crippen molar-refractivity contribution in [1.82, 2.24) is 4.90 Å². The number of fused-ring (bicyclic) bond motifs is 2. The molecule has 164 valence electrons. The SMILES string of the molecule is C=C1CCC[C@]2(C)C[C@H]3OC(=O)[C@H](CN(CC)C[C@@](C)(O)c4ccccc4)[C@H]3C[C@H]12. The van der Waals surface area contributed by atoms with Crippen molar-refractivity contribution in [2.24, 2.45) is 23.2 Å².